The molecule has 3 aromatic rings. The molecular weight excluding hydrogens is 414 g/mol. The third-order valence-corrected chi connectivity index (χ3v) is 5.50. The number of benzene rings is 2. The average molecular weight is 432 g/mol. The van der Waals surface area contributed by atoms with Gasteiger partial charge in [-0.3, -0.25) is 4.79 Å². The number of anilines is 1. The minimum atomic E-state index is -0.380. The lowest BCUT2D eigenvalue weighted by Gasteiger charge is -2.12. The van der Waals surface area contributed by atoms with Crippen molar-refractivity contribution in [1.29, 1.82) is 0 Å². The molecule has 0 spiro atoms. The van der Waals surface area contributed by atoms with Crippen molar-refractivity contribution in [3.8, 4) is 11.4 Å². The van der Waals surface area contributed by atoms with Crippen LogP contribution >= 0.6 is 27.7 Å². The van der Waals surface area contributed by atoms with Crippen LogP contribution in [0.5, 0.6) is 0 Å². The minimum Gasteiger partial charge on any atom is -0.335 e. The van der Waals surface area contributed by atoms with E-state index < -0.39 is 0 Å². The standard InChI is InChI=1S/C18H18BrN5OS/c1-11-7-9-13(10-8-11)21-17(25)12(2)26-18-23-22-16(24(18)20)14-5-3-4-6-15(14)19/h3-10,12H,20H2,1-2H3,(H,21,25). The van der Waals surface area contributed by atoms with Crippen LogP contribution in [0.2, 0.25) is 0 Å². The number of aryl methyl sites for hydroxylation is 1. The zero-order chi connectivity index (χ0) is 18.7. The number of amides is 1. The highest BCUT2D eigenvalue weighted by atomic mass is 79.9. The van der Waals surface area contributed by atoms with Crippen molar-refractivity contribution in [3.05, 3.63) is 58.6 Å². The van der Waals surface area contributed by atoms with E-state index >= 15 is 0 Å². The predicted molar refractivity (Wildman–Crippen MR) is 108 cm³/mol. The monoisotopic (exact) mass is 431 g/mol. The summed E-state index contributed by atoms with van der Waals surface area (Å²) < 4.78 is 2.28. The number of carbonyl (C=O) groups is 1. The van der Waals surface area contributed by atoms with Crippen LogP contribution < -0.4 is 11.2 Å². The van der Waals surface area contributed by atoms with Gasteiger partial charge in [0.15, 0.2) is 5.82 Å². The maximum absolute atomic E-state index is 12.4. The van der Waals surface area contributed by atoms with E-state index in [0.29, 0.717) is 11.0 Å². The van der Waals surface area contributed by atoms with Crippen LogP contribution in [-0.4, -0.2) is 26.0 Å². The highest BCUT2D eigenvalue weighted by Gasteiger charge is 2.20. The Labute approximate surface area is 164 Å². The molecular formula is C18H18BrN5OS. The Balaban J connectivity index is 1.71. The van der Waals surface area contributed by atoms with Gasteiger partial charge in [-0.1, -0.05) is 57.5 Å². The Morgan fingerprint density at radius 2 is 1.88 bits per heavy atom. The van der Waals surface area contributed by atoms with Crippen molar-refractivity contribution in [1.82, 2.24) is 14.9 Å². The molecule has 8 heteroatoms. The number of thioether (sulfide) groups is 1. The van der Waals surface area contributed by atoms with E-state index in [2.05, 4.69) is 31.4 Å². The number of hydrogen-bond donors (Lipinski definition) is 2. The molecule has 1 aromatic heterocycles. The van der Waals surface area contributed by atoms with Crippen molar-refractivity contribution in [3.63, 3.8) is 0 Å². The first-order valence-electron chi connectivity index (χ1n) is 7.95. The summed E-state index contributed by atoms with van der Waals surface area (Å²) in [5.41, 5.74) is 2.74. The van der Waals surface area contributed by atoms with Gasteiger partial charge in [0.1, 0.15) is 0 Å². The molecule has 2 aromatic carbocycles. The number of hydrogen-bond acceptors (Lipinski definition) is 5. The Morgan fingerprint density at radius 3 is 2.58 bits per heavy atom. The van der Waals surface area contributed by atoms with Gasteiger partial charge in [0, 0.05) is 15.7 Å². The summed E-state index contributed by atoms with van der Waals surface area (Å²) in [5, 5.41) is 11.3. The first-order valence-corrected chi connectivity index (χ1v) is 9.62. The van der Waals surface area contributed by atoms with Crippen LogP contribution in [0, 0.1) is 6.92 Å². The number of halogens is 1. The summed E-state index contributed by atoms with van der Waals surface area (Å²) in [7, 11) is 0. The Hall–Kier alpha value is -2.32. The van der Waals surface area contributed by atoms with Gasteiger partial charge in [-0.25, -0.2) is 4.68 Å². The van der Waals surface area contributed by atoms with E-state index in [1.807, 2.05) is 55.5 Å². The van der Waals surface area contributed by atoms with E-state index in [9.17, 15) is 4.79 Å². The highest BCUT2D eigenvalue weighted by Crippen LogP contribution is 2.29. The molecule has 0 aliphatic rings. The molecule has 134 valence electrons. The number of aromatic nitrogens is 3. The third kappa shape index (κ3) is 4.08. The van der Waals surface area contributed by atoms with E-state index in [-0.39, 0.29) is 11.2 Å². The van der Waals surface area contributed by atoms with Crippen LogP contribution in [0.3, 0.4) is 0 Å². The summed E-state index contributed by atoms with van der Waals surface area (Å²) in [4.78, 5) is 12.4. The zero-order valence-corrected chi connectivity index (χ0v) is 16.7. The van der Waals surface area contributed by atoms with E-state index in [0.717, 1.165) is 21.3 Å². The fraction of sp³-hybridized carbons (Fsp3) is 0.167. The number of nitrogens with zero attached hydrogens (tertiary/aromatic N) is 3. The van der Waals surface area contributed by atoms with Gasteiger partial charge in [-0.15, -0.1) is 10.2 Å². The third-order valence-electron chi connectivity index (χ3n) is 3.75. The normalized spacial score (nSPS) is 12.0. The second kappa shape index (κ2) is 7.92. The summed E-state index contributed by atoms with van der Waals surface area (Å²) in [6.07, 6.45) is 0. The van der Waals surface area contributed by atoms with Crippen LogP contribution in [0.1, 0.15) is 12.5 Å². The fourth-order valence-corrected chi connectivity index (χ4v) is 3.51. The quantitative estimate of drug-likeness (QED) is 0.473. The Morgan fingerprint density at radius 1 is 1.19 bits per heavy atom. The van der Waals surface area contributed by atoms with Crippen molar-refractivity contribution in [2.24, 2.45) is 0 Å². The zero-order valence-electron chi connectivity index (χ0n) is 14.3. The lowest BCUT2D eigenvalue weighted by molar-refractivity contribution is -0.115. The highest BCUT2D eigenvalue weighted by molar-refractivity contribution is 9.10. The molecule has 0 aliphatic carbocycles. The first kappa shape index (κ1) is 18.5. The van der Waals surface area contributed by atoms with Gasteiger partial charge in [-0.2, -0.15) is 0 Å². The molecule has 0 bridgehead atoms. The molecule has 3 rings (SSSR count). The van der Waals surface area contributed by atoms with Crippen molar-refractivity contribution < 1.29 is 4.79 Å². The number of rotatable bonds is 5. The topological polar surface area (TPSA) is 85.8 Å². The van der Waals surface area contributed by atoms with Gasteiger partial charge in [0.2, 0.25) is 11.1 Å². The molecule has 1 amide bonds. The molecule has 0 aliphatic heterocycles. The summed E-state index contributed by atoms with van der Waals surface area (Å²) >= 11 is 4.74. The largest absolute Gasteiger partial charge is 0.335 e. The van der Waals surface area contributed by atoms with E-state index in [1.54, 1.807) is 6.92 Å². The molecule has 0 saturated carbocycles. The molecule has 0 fully saturated rings. The van der Waals surface area contributed by atoms with Gasteiger partial charge >= 0.3 is 0 Å². The molecule has 0 radical (unpaired) electrons. The maximum Gasteiger partial charge on any atom is 0.237 e. The summed E-state index contributed by atoms with van der Waals surface area (Å²) in [5.74, 6) is 6.55. The Bertz CT molecular complexity index is 926. The maximum atomic E-state index is 12.4. The molecule has 0 saturated heterocycles. The van der Waals surface area contributed by atoms with Crippen molar-refractivity contribution >= 4 is 39.3 Å². The smallest absolute Gasteiger partial charge is 0.237 e. The summed E-state index contributed by atoms with van der Waals surface area (Å²) in [6, 6.07) is 15.3. The van der Waals surface area contributed by atoms with Crippen molar-refractivity contribution in [2.45, 2.75) is 24.3 Å². The van der Waals surface area contributed by atoms with E-state index in [4.69, 9.17) is 5.84 Å². The van der Waals surface area contributed by atoms with Crippen LogP contribution in [0.25, 0.3) is 11.4 Å². The molecule has 3 N–H and O–H groups in total. The lowest BCUT2D eigenvalue weighted by atomic mass is 10.2. The van der Waals surface area contributed by atoms with Gasteiger partial charge in [0.25, 0.3) is 0 Å². The molecule has 1 unspecified atom stereocenters. The number of nitrogens with two attached hydrogens (primary N) is 1. The SMILES string of the molecule is Cc1ccc(NC(=O)C(C)Sc2nnc(-c3ccccc3Br)n2N)cc1. The van der Waals surface area contributed by atoms with Crippen LogP contribution in [0.15, 0.2) is 58.2 Å². The van der Waals surface area contributed by atoms with Gasteiger partial charge in [0.05, 0.1) is 5.25 Å². The van der Waals surface area contributed by atoms with Crippen molar-refractivity contribution in [2.75, 3.05) is 11.2 Å². The molecule has 26 heavy (non-hydrogen) atoms. The number of carbonyl (C=O) groups excluding carboxylic acids is 1. The second-order valence-electron chi connectivity index (χ2n) is 5.77. The van der Waals surface area contributed by atoms with Gasteiger partial charge in [-0.05, 0) is 38.1 Å². The average Bonchev–Trinajstić information content (AvgIpc) is 2.98. The first-order chi connectivity index (χ1) is 12.5. The molecule has 1 heterocycles. The van der Waals surface area contributed by atoms with Crippen LogP contribution in [0.4, 0.5) is 5.69 Å². The van der Waals surface area contributed by atoms with Gasteiger partial charge < -0.3 is 11.2 Å². The summed E-state index contributed by atoms with van der Waals surface area (Å²) in [6.45, 7) is 3.81. The van der Waals surface area contributed by atoms with Crippen LogP contribution in [-0.2, 0) is 4.79 Å². The fourth-order valence-electron chi connectivity index (χ4n) is 2.28. The number of nitrogens with one attached hydrogen (secondary N) is 1. The van der Waals surface area contributed by atoms with E-state index in [1.165, 1.54) is 16.4 Å². The number of nitrogen functional groups attached to an aromatic ring is 1. The Kier molecular flexibility index (Phi) is 5.63. The lowest BCUT2D eigenvalue weighted by Crippen LogP contribution is -2.23. The second-order valence-corrected chi connectivity index (χ2v) is 7.93. The minimum absolute atomic E-state index is 0.121. The molecule has 6 nitrogen and oxygen atoms in total. The predicted octanol–water partition coefficient (Wildman–Crippen LogP) is 3.85. The molecule has 1 atom stereocenters.